The number of thiophene rings is 1. The molecule has 0 fully saturated rings. The maximum atomic E-state index is 11.7. The summed E-state index contributed by atoms with van der Waals surface area (Å²) in [6.07, 6.45) is 3.13. The van der Waals surface area contributed by atoms with E-state index in [1.165, 1.54) is 11.3 Å². The van der Waals surface area contributed by atoms with E-state index < -0.39 is 5.91 Å². The van der Waals surface area contributed by atoms with Crippen LogP contribution in [0.15, 0.2) is 57.8 Å². The summed E-state index contributed by atoms with van der Waals surface area (Å²) in [4.78, 5) is 12.7. The highest BCUT2D eigenvalue weighted by atomic mass is 79.9. The number of fused-ring (bicyclic) bond motifs is 1. The molecule has 0 aliphatic heterocycles. The maximum Gasteiger partial charge on any atom is 0.270 e. The zero-order valence-electron chi connectivity index (χ0n) is 12.7. The van der Waals surface area contributed by atoms with Gasteiger partial charge < -0.3 is 15.5 Å². The number of nitrogens with zero attached hydrogens (tertiary/aromatic N) is 2. The number of nitrogens with two attached hydrogens (primary N) is 1. The quantitative estimate of drug-likeness (QED) is 0.510. The number of halogens is 1. The van der Waals surface area contributed by atoms with Gasteiger partial charge in [0.1, 0.15) is 6.26 Å². The average Bonchev–Trinajstić information content (AvgIpc) is 3.24. The van der Waals surface area contributed by atoms with Gasteiger partial charge in [-0.1, -0.05) is 28.1 Å². The van der Waals surface area contributed by atoms with Gasteiger partial charge in [0.25, 0.3) is 5.91 Å². The van der Waals surface area contributed by atoms with E-state index in [0.29, 0.717) is 10.5 Å². The van der Waals surface area contributed by atoms with Crippen molar-refractivity contribution in [3.63, 3.8) is 0 Å². The molecule has 0 unspecified atom stereocenters. The Morgan fingerprint density at radius 1 is 1.24 bits per heavy atom. The number of rotatable bonds is 4. The number of furan rings is 1. The molecule has 0 saturated heterocycles. The molecule has 0 atom stereocenters. The largest absolute Gasteiger partial charge is 0.470 e. The van der Waals surface area contributed by atoms with Gasteiger partial charge in [0.15, 0.2) is 11.5 Å². The fourth-order valence-electron chi connectivity index (χ4n) is 2.45. The predicted octanol–water partition coefficient (Wildman–Crippen LogP) is 4.56. The molecule has 0 spiro atoms. The summed E-state index contributed by atoms with van der Waals surface area (Å²) >= 11 is 4.93. The summed E-state index contributed by atoms with van der Waals surface area (Å²) in [6, 6.07) is 11.7. The molecule has 3 N–H and O–H groups in total. The number of carbonyl (C=O) groups excluding carboxylic acids is 1. The van der Waals surface area contributed by atoms with Crippen molar-refractivity contribution in [2.45, 2.75) is 0 Å². The van der Waals surface area contributed by atoms with Gasteiger partial charge in [0, 0.05) is 14.7 Å². The van der Waals surface area contributed by atoms with E-state index in [2.05, 4.69) is 31.4 Å². The highest BCUT2D eigenvalue weighted by Crippen LogP contribution is 2.38. The number of hydrogen-bond donors (Lipinski definition) is 2. The van der Waals surface area contributed by atoms with Crippen molar-refractivity contribution in [2.24, 2.45) is 5.73 Å². The van der Waals surface area contributed by atoms with Crippen LogP contribution < -0.4 is 11.1 Å². The molecule has 0 bridgehead atoms. The summed E-state index contributed by atoms with van der Waals surface area (Å²) in [7, 11) is 0. The first-order valence-electron chi connectivity index (χ1n) is 7.27. The maximum absolute atomic E-state index is 11.7. The summed E-state index contributed by atoms with van der Waals surface area (Å²) in [5, 5.41) is 12.0. The van der Waals surface area contributed by atoms with Crippen LogP contribution >= 0.6 is 27.3 Å². The number of primary amides is 1. The number of carbonyl (C=O) groups is 1. The van der Waals surface area contributed by atoms with Gasteiger partial charge in [-0.25, -0.2) is 0 Å². The minimum absolute atomic E-state index is 0.166. The van der Waals surface area contributed by atoms with E-state index in [9.17, 15) is 4.79 Å². The lowest BCUT2D eigenvalue weighted by molar-refractivity contribution is 0.0996. The zero-order valence-corrected chi connectivity index (χ0v) is 15.1. The molecular weight excluding hydrogens is 404 g/mol. The summed E-state index contributed by atoms with van der Waals surface area (Å²) in [5.74, 6) is -0.0612. The van der Waals surface area contributed by atoms with Gasteiger partial charge in [-0.2, -0.15) is 0 Å². The fraction of sp³-hybridized carbons (Fsp3) is 0. The third-order valence-corrected chi connectivity index (χ3v) is 5.26. The van der Waals surface area contributed by atoms with Crippen molar-refractivity contribution in [3.05, 3.63) is 59.1 Å². The molecule has 0 radical (unpaired) electrons. The number of aromatic nitrogens is 2. The Morgan fingerprint density at radius 2 is 2.12 bits per heavy atom. The Morgan fingerprint density at radius 3 is 2.84 bits per heavy atom. The molecular formula is C17H11BrN4O2S. The third-order valence-electron chi connectivity index (χ3n) is 3.58. The molecule has 124 valence electrons. The molecule has 1 aromatic carbocycles. The molecule has 3 heterocycles. The number of amides is 1. The molecule has 0 aliphatic rings. The molecule has 25 heavy (non-hydrogen) atoms. The summed E-state index contributed by atoms with van der Waals surface area (Å²) in [5.41, 5.74) is 7.40. The second-order valence-electron chi connectivity index (χ2n) is 5.26. The van der Waals surface area contributed by atoms with Crippen molar-refractivity contribution in [1.82, 2.24) is 10.2 Å². The van der Waals surface area contributed by atoms with Crippen molar-refractivity contribution in [2.75, 3.05) is 5.32 Å². The van der Waals surface area contributed by atoms with Crippen molar-refractivity contribution < 1.29 is 9.21 Å². The van der Waals surface area contributed by atoms with Gasteiger partial charge in [-0.05, 0) is 29.8 Å². The Kier molecular flexibility index (Phi) is 3.98. The number of anilines is 2. The Bertz CT molecular complexity index is 1080. The SMILES string of the molecule is NC(=O)c1nnc(Nc2ccoc2)c2cc(-c3cccc(Br)c3)sc12. The van der Waals surface area contributed by atoms with E-state index in [4.69, 9.17) is 10.2 Å². The normalized spacial score (nSPS) is 10.9. The van der Waals surface area contributed by atoms with E-state index >= 15 is 0 Å². The van der Waals surface area contributed by atoms with Crippen molar-refractivity contribution in [3.8, 4) is 10.4 Å². The van der Waals surface area contributed by atoms with Crippen LogP contribution in [0.1, 0.15) is 10.5 Å². The number of nitrogens with one attached hydrogen (secondary N) is 1. The lowest BCUT2D eigenvalue weighted by Crippen LogP contribution is -2.14. The lowest BCUT2D eigenvalue weighted by atomic mass is 10.1. The van der Waals surface area contributed by atoms with Crippen molar-refractivity contribution >= 4 is 54.8 Å². The zero-order chi connectivity index (χ0) is 17.4. The van der Waals surface area contributed by atoms with Crippen LogP contribution in [-0.2, 0) is 0 Å². The minimum atomic E-state index is -0.602. The predicted molar refractivity (Wildman–Crippen MR) is 101 cm³/mol. The first-order chi connectivity index (χ1) is 12.1. The van der Waals surface area contributed by atoms with Crippen LogP contribution in [0.25, 0.3) is 20.5 Å². The van der Waals surface area contributed by atoms with E-state index in [1.807, 2.05) is 30.3 Å². The smallest absolute Gasteiger partial charge is 0.270 e. The second-order valence-corrected chi connectivity index (χ2v) is 7.23. The van der Waals surface area contributed by atoms with Crippen LogP contribution in [-0.4, -0.2) is 16.1 Å². The van der Waals surface area contributed by atoms with Crippen LogP contribution in [0.4, 0.5) is 11.5 Å². The summed E-state index contributed by atoms with van der Waals surface area (Å²) < 4.78 is 6.74. The number of hydrogen-bond acceptors (Lipinski definition) is 6. The van der Waals surface area contributed by atoms with Crippen molar-refractivity contribution in [1.29, 1.82) is 0 Å². The van der Waals surface area contributed by atoms with Crippen LogP contribution in [0, 0.1) is 0 Å². The molecule has 1 amide bonds. The van der Waals surface area contributed by atoms with E-state index in [1.54, 1.807) is 18.6 Å². The Hall–Kier alpha value is -2.71. The third kappa shape index (κ3) is 3.01. The van der Waals surface area contributed by atoms with E-state index in [0.717, 1.165) is 26.0 Å². The molecule has 8 heteroatoms. The fourth-order valence-corrected chi connectivity index (χ4v) is 4.00. The van der Waals surface area contributed by atoms with Crippen LogP contribution in [0.3, 0.4) is 0 Å². The molecule has 0 aliphatic carbocycles. The summed E-state index contributed by atoms with van der Waals surface area (Å²) in [6.45, 7) is 0. The Balaban J connectivity index is 1.90. The molecule has 6 nitrogen and oxygen atoms in total. The average molecular weight is 415 g/mol. The van der Waals surface area contributed by atoms with Gasteiger partial charge in [-0.15, -0.1) is 21.5 Å². The highest BCUT2D eigenvalue weighted by molar-refractivity contribution is 9.10. The van der Waals surface area contributed by atoms with Gasteiger partial charge in [-0.3, -0.25) is 4.79 Å². The standard InChI is InChI=1S/C17H11BrN4O2S/c18-10-3-1-2-9(6-10)13-7-12-15(25-13)14(16(19)23)21-22-17(12)20-11-4-5-24-8-11/h1-8H,(H2,19,23)(H,20,22). The molecule has 3 aromatic heterocycles. The monoisotopic (exact) mass is 414 g/mol. The molecule has 4 aromatic rings. The minimum Gasteiger partial charge on any atom is -0.470 e. The molecule has 4 rings (SSSR count). The lowest BCUT2D eigenvalue weighted by Gasteiger charge is -2.04. The molecule has 0 saturated carbocycles. The van der Waals surface area contributed by atoms with Crippen LogP contribution in [0.2, 0.25) is 0 Å². The second kappa shape index (κ2) is 6.30. The van der Waals surface area contributed by atoms with Gasteiger partial charge >= 0.3 is 0 Å². The topological polar surface area (TPSA) is 94.0 Å². The number of benzene rings is 1. The van der Waals surface area contributed by atoms with Gasteiger partial charge in [0.2, 0.25) is 0 Å². The first-order valence-corrected chi connectivity index (χ1v) is 8.88. The van der Waals surface area contributed by atoms with Crippen LogP contribution in [0.5, 0.6) is 0 Å². The van der Waals surface area contributed by atoms with E-state index in [-0.39, 0.29) is 5.69 Å². The first kappa shape index (κ1) is 15.8. The van der Waals surface area contributed by atoms with Gasteiger partial charge in [0.05, 0.1) is 16.7 Å². The highest BCUT2D eigenvalue weighted by Gasteiger charge is 2.18. The Labute approximate surface area is 154 Å².